The monoisotopic (exact) mass is 1300 g/mol. The summed E-state index contributed by atoms with van der Waals surface area (Å²) in [6, 6.07) is -0.807. The highest BCUT2D eigenvalue weighted by molar-refractivity contribution is 5.76. The van der Waals surface area contributed by atoms with Crippen molar-refractivity contribution in [2.75, 3.05) is 19.8 Å². The van der Waals surface area contributed by atoms with Crippen LogP contribution in [0.4, 0.5) is 0 Å². The first-order valence-corrected chi connectivity index (χ1v) is 39.9. The Labute approximate surface area is 567 Å². The number of esters is 1. The molecule has 92 heavy (non-hydrogen) atoms. The van der Waals surface area contributed by atoms with E-state index in [1.165, 1.54) is 302 Å². The number of amides is 1. The van der Waals surface area contributed by atoms with Crippen molar-refractivity contribution < 1.29 is 49.3 Å². The predicted octanol–water partition coefficient (Wildman–Crippen LogP) is 21.5. The summed E-state index contributed by atoms with van der Waals surface area (Å²) in [7, 11) is 0. The van der Waals surface area contributed by atoms with Crippen LogP contribution in [0.1, 0.15) is 393 Å². The van der Waals surface area contributed by atoms with Gasteiger partial charge >= 0.3 is 5.97 Å². The number of carbonyl (C=O) groups is 2. The van der Waals surface area contributed by atoms with Crippen LogP contribution in [0.25, 0.3) is 0 Å². The molecule has 1 rings (SSSR count). The molecule has 0 aromatic heterocycles. The first kappa shape index (κ1) is 87.6. The quantitative estimate of drug-likeness (QED) is 0.0195. The van der Waals surface area contributed by atoms with E-state index in [0.717, 1.165) is 64.2 Å². The Morgan fingerprint density at radius 1 is 0.402 bits per heavy atom. The summed E-state index contributed by atoms with van der Waals surface area (Å²) in [5, 5.41) is 54.4. The number of carbonyl (C=O) groups excluding carboxylic acids is 2. The topological polar surface area (TPSA) is 175 Å². The molecule has 0 radical (unpaired) electrons. The van der Waals surface area contributed by atoms with Gasteiger partial charge in [0.15, 0.2) is 6.29 Å². The maximum absolute atomic E-state index is 13.0. The van der Waals surface area contributed by atoms with Gasteiger partial charge in [0.25, 0.3) is 0 Å². The molecule has 1 fully saturated rings. The molecule has 11 nitrogen and oxygen atoms in total. The van der Waals surface area contributed by atoms with E-state index in [-0.39, 0.29) is 18.5 Å². The smallest absolute Gasteiger partial charge is 0.305 e. The van der Waals surface area contributed by atoms with Crippen LogP contribution in [0.3, 0.4) is 0 Å². The lowest BCUT2D eigenvalue weighted by molar-refractivity contribution is -0.302. The Bertz CT molecular complexity index is 1670. The van der Waals surface area contributed by atoms with Gasteiger partial charge in [0.1, 0.15) is 24.4 Å². The van der Waals surface area contributed by atoms with Crippen molar-refractivity contribution in [1.82, 2.24) is 5.32 Å². The van der Waals surface area contributed by atoms with E-state index >= 15 is 0 Å². The van der Waals surface area contributed by atoms with Gasteiger partial charge in [0.05, 0.1) is 32.0 Å². The Morgan fingerprint density at radius 3 is 1.11 bits per heavy atom. The van der Waals surface area contributed by atoms with Crippen LogP contribution >= 0.6 is 0 Å². The van der Waals surface area contributed by atoms with E-state index < -0.39 is 49.5 Å². The van der Waals surface area contributed by atoms with Crippen LogP contribution < -0.4 is 5.32 Å². The fourth-order valence-electron chi connectivity index (χ4n) is 12.6. The van der Waals surface area contributed by atoms with Crippen LogP contribution in [0.2, 0.25) is 0 Å². The number of nitrogens with one attached hydrogen (secondary N) is 1. The standard InChI is InChI=1S/C81H151NO10/c1-3-5-7-9-11-13-15-16-17-39-43-46-49-53-57-61-65-69-77(86)90-70-66-62-58-54-50-47-44-41-38-36-34-32-30-28-26-24-22-20-18-19-21-23-25-27-29-31-33-35-37-40-42-45-48-52-56-60-64-68-76(85)82-73(72-91-81-80(89)79(88)78(87)75(71-83)92-81)74(84)67-63-59-55-51-14-12-10-8-6-4-2/h16-18,20,24,26,63,67,73-75,78-81,83-84,87-89H,3-15,19,21-23,25,27-62,64-66,68-72H2,1-2H3,(H,82,85)/b17-16-,20-18-,26-24-,67-63+. The molecule has 0 spiro atoms. The van der Waals surface area contributed by atoms with Crippen LogP contribution in [0.5, 0.6) is 0 Å². The van der Waals surface area contributed by atoms with E-state index in [2.05, 4.69) is 55.6 Å². The minimum absolute atomic E-state index is 0.00964. The summed E-state index contributed by atoms with van der Waals surface area (Å²) >= 11 is 0. The zero-order valence-corrected chi connectivity index (χ0v) is 60.3. The van der Waals surface area contributed by atoms with Gasteiger partial charge in [-0.25, -0.2) is 0 Å². The maximum Gasteiger partial charge on any atom is 0.305 e. The molecule has 0 bridgehead atoms. The highest BCUT2D eigenvalue weighted by atomic mass is 16.7. The van der Waals surface area contributed by atoms with E-state index in [4.69, 9.17) is 14.2 Å². The molecular formula is C81H151NO10. The van der Waals surface area contributed by atoms with Crippen LogP contribution in [-0.4, -0.2) is 100 Å². The molecule has 11 heteroatoms. The van der Waals surface area contributed by atoms with Crippen molar-refractivity contribution >= 4 is 11.9 Å². The first-order valence-electron chi connectivity index (χ1n) is 39.9. The summed E-state index contributed by atoms with van der Waals surface area (Å²) < 4.78 is 16.8. The highest BCUT2D eigenvalue weighted by Crippen LogP contribution is 2.24. The number of aliphatic hydroxyl groups excluding tert-OH is 5. The molecule has 1 aliphatic rings. The van der Waals surface area contributed by atoms with Crippen LogP contribution in [-0.2, 0) is 23.8 Å². The zero-order chi connectivity index (χ0) is 66.5. The van der Waals surface area contributed by atoms with Crippen LogP contribution in [0.15, 0.2) is 48.6 Å². The maximum atomic E-state index is 13.0. The van der Waals surface area contributed by atoms with E-state index in [9.17, 15) is 35.1 Å². The normalized spacial score (nSPS) is 17.8. The fraction of sp³-hybridized carbons (Fsp3) is 0.877. The summed E-state index contributed by atoms with van der Waals surface area (Å²) in [6.07, 6.45) is 83.0. The molecule has 0 aliphatic carbocycles. The second-order valence-corrected chi connectivity index (χ2v) is 27.8. The van der Waals surface area contributed by atoms with Crippen molar-refractivity contribution in [1.29, 1.82) is 0 Å². The Kier molecular flexibility index (Phi) is 66.6. The number of aliphatic hydroxyl groups is 5. The highest BCUT2D eigenvalue weighted by Gasteiger charge is 2.44. The van der Waals surface area contributed by atoms with Gasteiger partial charge < -0.3 is 45.1 Å². The average molecular weight is 1300 g/mol. The first-order chi connectivity index (χ1) is 45.2. The summed E-state index contributed by atoms with van der Waals surface area (Å²) in [5.74, 6) is -0.169. The predicted molar refractivity (Wildman–Crippen MR) is 389 cm³/mol. The molecule has 1 amide bonds. The van der Waals surface area contributed by atoms with Crippen molar-refractivity contribution in [3.8, 4) is 0 Å². The van der Waals surface area contributed by atoms with Gasteiger partial charge in [-0.2, -0.15) is 0 Å². The Balaban J connectivity index is 1.88. The summed E-state index contributed by atoms with van der Waals surface area (Å²) in [6.45, 7) is 4.36. The summed E-state index contributed by atoms with van der Waals surface area (Å²) in [4.78, 5) is 25.2. The molecule has 0 aromatic rings. The van der Waals surface area contributed by atoms with Crippen molar-refractivity contribution in [3.05, 3.63) is 48.6 Å². The third kappa shape index (κ3) is 57.8. The molecule has 0 aromatic carbocycles. The number of rotatable bonds is 71. The van der Waals surface area contributed by atoms with Gasteiger partial charge in [0.2, 0.25) is 5.91 Å². The largest absolute Gasteiger partial charge is 0.466 e. The number of unbranched alkanes of at least 4 members (excludes halogenated alkanes) is 51. The molecule has 1 heterocycles. The molecule has 7 unspecified atom stereocenters. The molecule has 540 valence electrons. The lowest BCUT2D eigenvalue weighted by atomic mass is 9.99. The van der Waals surface area contributed by atoms with Gasteiger partial charge in [-0.05, 0) is 89.9 Å². The molecule has 1 saturated heterocycles. The number of allylic oxidation sites excluding steroid dienone is 7. The SMILES string of the molecule is CCCCCCCC/C=C\CCCCCCCCCC(=O)OCCCCCCCCCCCCCCC/C=C\C/C=C\CCCCCCCCCCCCCCCCCCCC(=O)NC(COC1OC(CO)C(O)C(O)C1O)C(O)/C=C/CCCCCCCCCC. The van der Waals surface area contributed by atoms with Crippen molar-refractivity contribution in [3.63, 3.8) is 0 Å². The number of hydrogen-bond donors (Lipinski definition) is 6. The molecule has 0 saturated carbocycles. The molecular weight excluding hydrogens is 1150 g/mol. The second-order valence-electron chi connectivity index (χ2n) is 27.8. The average Bonchev–Trinajstić information content (AvgIpc) is 0.954. The minimum Gasteiger partial charge on any atom is -0.466 e. The van der Waals surface area contributed by atoms with Gasteiger partial charge in [-0.15, -0.1) is 0 Å². The second kappa shape index (κ2) is 70.0. The number of hydrogen-bond acceptors (Lipinski definition) is 10. The lowest BCUT2D eigenvalue weighted by Gasteiger charge is -2.40. The van der Waals surface area contributed by atoms with Crippen molar-refractivity contribution in [2.45, 2.75) is 436 Å². The lowest BCUT2D eigenvalue weighted by Crippen LogP contribution is -2.60. The number of ether oxygens (including phenoxy) is 3. The Morgan fingerprint density at radius 2 is 0.728 bits per heavy atom. The Hall–Kier alpha value is -2.38. The van der Waals surface area contributed by atoms with E-state index in [0.29, 0.717) is 19.4 Å². The van der Waals surface area contributed by atoms with Crippen LogP contribution in [0, 0.1) is 0 Å². The van der Waals surface area contributed by atoms with E-state index in [1.54, 1.807) is 6.08 Å². The van der Waals surface area contributed by atoms with Gasteiger partial charge in [-0.3, -0.25) is 9.59 Å². The summed E-state index contributed by atoms with van der Waals surface area (Å²) in [5.41, 5.74) is 0. The van der Waals surface area contributed by atoms with Gasteiger partial charge in [0, 0.05) is 12.8 Å². The van der Waals surface area contributed by atoms with E-state index in [1.807, 2.05) is 6.08 Å². The third-order valence-electron chi connectivity index (χ3n) is 18.9. The fourth-order valence-corrected chi connectivity index (χ4v) is 12.6. The van der Waals surface area contributed by atoms with Gasteiger partial charge in [-0.1, -0.05) is 339 Å². The molecule has 7 atom stereocenters. The zero-order valence-electron chi connectivity index (χ0n) is 60.3. The third-order valence-corrected chi connectivity index (χ3v) is 18.9. The molecule has 6 N–H and O–H groups in total. The minimum atomic E-state index is -1.57. The molecule has 1 aliphatic heterocycles. The van der Waals surface area contributed by atoms with Crippen molar-refractivity contribution in [2.24, 2.45) is 0 Å².